The third-order valence-corrected chi connectivity index (χ3v) is 2.20. The van der Waals surface area contributed by atoms with Crippen molar-refractivity contribution in [1.82, 2.24) is 5.16 Å². The third-order valence-electron chi connectivity index (χ3n) is 2.20. The minimum Gasteiger partial charge on any atom is -0.368 e. The largest absolute Gasteiger partial charge is 0.368 e. The van der Waals surface area contributed by atoms with Crippen LogP contribution in [-0.2, 0) is 0 Å². The van der Waals surface area contributed by atoms with Gasteiger partial charge in [0, 0.05) is 19.2 Å². The summed E-state index contributed by atoms with van der Waals surface area (Å²) in [7, 11) is 0. The van der Waals surface area contributed by atoms with Crippen LogP contribution in [0.3, 0.4) is 0 Å². The van der Waals surface area contributed by atoms with E-state index >= 15 is 0 Å². The molecule has 0 saturated carbocycles. The maximum absolute atomic E-state index is 5.43. The van der Waals surface area contributed by atoms with E-state index in [1.165, 1.54) is 19.3 Å². The number of piperidine rings is 1. The number of nitrogen functional groups attached to an aromatic ring is 1. The molecule has 0 unspecified atom stereocenters. The molecule has 1 aliphatic heterocycles. The van der Waals surface area contributed by atoms with Gasteiger partial charge in [0.1, 0.15) is 0 Å². The third kappa shape index (κ3) is 1.37. The van der Waals surface area contributed by atoms with Crippen LogP contribution in [0.5, 0.6) is 0 Å². The van der Waals surface area contributed by atoms with Crippen molar-refractivity contribution in [2.75, 3.05) is 23.7 Å². The first kappa shape index (κ1) is 7.46. The molecule has 12 heavy (non-hydrogen) atoms. The van der Waals surface area contributed by atoms with E-state index in [1.807, 2.05) is 0 Å². The molecule has 0 spiro atoms. The molecule has 2 heterocycles. The van der Waals surface area contributed by atoms with Gasteiger partial charge in [-0.15, -0.1) is 0 Å². The van der Waals surface area contributed by atoms with Crippen molar-refractivity contribution in [3.8, 4) is 0 Å². The zero-order chi connectivity index (χ0) is 8.39. The second kappa shape index (κ2) is 3.05. The highest BCUT2D eigenvalue weighted by Crippen LogP contribution is 2.19. The molecule has 4 nitrogen and oxygen atoms in total. The maximum atomic E-state index is 5.43. The van der Waals surface area contributed by atoms with Crippen molar-refractivity contribution >= 4 is 11.7 Å². The van der Waals surface area contributed by atoms with Gasteiger partial charge < -0.3 is 15.2 Å². The molecule has 1 aliphatic rings. The Hall–Kier alpha value is -1.19. The lowest BCUT2D eigenvalue weighted by Gasteiger charge is -2.25. The zero-order valence-electron chi connectivity index (χ0n) is 6.99. The Morgan fingerprint density at radius 2 is 2.08 bits per heavy atom. The summed E-state index contributed by atoms with van der Waals surface area (Å²) in [5.41, 5.74) is 5.43. The quantitative estimate of drug-likeness (QED) is 0.683. The summed E-state index contributed by atoms with van der Waals surface area (Å²) >= 11 is 0. The fourth-order valence-electron chi connectivity index (χ4n) is 1.55. The maximum Gasteiger partial charge on any atom is 0.224 e. The molecule has 1 aromatic heterocycles. The monoisotopic (exact) mass is 167 g/mol. The van der Waals surface area contributed by atoms with Gasteiger partial charge in [-0.25, -0.2) is 0 Å². The fourth-order valence-corrected chi connectivity index (χ4v) is 1.55. The molecule has 0 atom stereocenters. The molecule has 1 fully saturated rings. The van der Waals surface area contributed by atoms with Crippen molar-refractivity contribution in [2.24, 2.45) is 0 Å². The minimum absolute atomic E-state index is 0.399. The lowest BCUT2D eigenvalue weighted by molar-refractivity contribution is 0.432. The standard InChI is InChI=1S/C8H13N3O/c9-7-6-8(10-12-7)11-4-2-1-3-5-11/h6H,1-5,9H2. The lowest BCUT2D eigenvalue weighted by Crippen LogP contribution is -2.29. The second-order valence-corrected chi connectivity index (χ2v) is 3.14. The molecular formula is C8H13N3O. The van der Waals surface area contributed by atoms with Crippen LogP contribution < -0.4 is 10.6 Å². The first-order valence-corrected chi connectivity index (χ1v) is 4.33. The van der Waals surface area contributed by atoms with Gasteiger partial charge in [0.05, 0.1) is 0 Å². The lowest BCUT2D eigenvalue weighted by atomic mass is 10.1. The zero-order valence-corrected chi connectivity index (χ0v) is 6.99. The highest BCUT2D eigenvalue weighted by atomic mass is 16.5. The van der Waals surface area contributed by atoms with Gasteiger partial charge in [0.25, 0.3) is 0 Å². The van der Waals surface area contributed by atoms with E-state index in [0.29, 0.717) is 5.88 Å². The average molecular weight is 167 g/mol. The van der Waals surface area contributed by atoms with Crippen molar-refractivity contribution in [3.05, 3.63) is 6.07 Å². The number of nitrogens with zero attached hydrogens (tertiary/aromatic N) is 2. The molecular weight excluding hydrogens is 154 g/mol. The highest BCUT2D eigenvalue weighted by molar-refractivity contribution is 5.44. The van der Waals surface area contributed by atoms with Crippen LogP contribution >= 0.6 is 0 Å². The Balaban J connectivity index is 2.08. The van der Waals surface area contributed by atoms with Crippen LogP contribution in [-0.4, -0.2) is 18.2 Å². The molecule has 0 aliphatic carbocycles. The summed E-state index contributed by atoms with van der Waals surface area (Å²) in [6, 6.07) is 1.78. The Bertz CT molecular complexity index is 253. The fraction of sp³-hybridized carbons (Fsp3) is 0.625. The Labute approximate surface area is 71.3 Å². The summed E-state index contributed by atoms with van der Waals surface area (Å²) in [5.74, 6) is 1.28. The van der Waals surface area contributed by atoms with E-state index in [4.69, 9.17) is 10.3 Å². The summed E-state index contributed by atoms with van der Waals surface area (Å²) in [6.07, 6.45) is 3.81. The van der Waals surface area contributed by atoms with Gasteiger partial charge in [-0.2, -0.15) is 0 Å². The molecule has 1 saturated heterocycles. The van der Waals surface area contributed by atoms with Crippen LogP contribution in [0.4, 0.5) is 11.7 Å². The van der Waals surface area contributed by atoms with E-state index in [2.05, 4.69) is 10.1 Å². The van der Waals surface area contributed by atoms with Gasteiger partial charge in [-0.1, -0.05) is 5.16 Å². The van der Waals surface area contributed by atoms with Crippen LogP contribution in [0.1, 0.15) is 19.3 Å². The van der Waals surface area contributed by atoms with Crippen LogP contribution in [0.15, 0.2) is 10.6 Å². The number of nitrogens with two attached hydrogens (primary N) is 1. The first-order chi connectivity index (χ1) is 5.86. The summed E-state index contributed by atoms with van der Waals surface area (Å²) < 4.78 is 4.80. The van der Waals surface area contributed by atoms with Gasteiger partial charge in [-0.3, -0.25) is 0 Å². The predicted molar refractivity (Wildman–Crippen MR) is 47.0 cm³/mol. The summed E-state index contributed by atoms with van der Waals surface area (Å²) in [6.45, 7) is 2.15. The molecule has 4 heteroatoms. The predicted octanol–water partition coefficient (Wildman–Crippen LogP) is 1.25. The molecule has 2 N–H and O–H groups in total. The van der Waals surface area contributed by atoms with E-state index in [0.717, 1.165) is 18.9 Å². The smallest absolute Gasteiger partial charge is 0.224 e. The van der Waals surface area contributed by atoms with Crippen molar-refractivity contribution in [1.29, 1.82) is 0 Å². The molecule has 0 amide bonds. The first-order valence-electron chi connectivity index (χ1n) is 4.33. The van der Waals surface area contributed by atoms with Gasteiger partial charge in [-0.05, 0) is 19.3 Å². The molecule has 66 valence electrons. The van der Waals surface area contributed by atoms with Crippen molar-refractivity contribution in [2.45, 2.75) is 19.3 Å². The molecule has 0 bridgehead atoms. The molecule has 2 rings (SSSR count). The second-order valence-electron chi connectivity index (χ2n) is 3.14. The Morgan fingerprint density at radius 3 is 2.67 bits per heavy atom. The van der Waals surface area contributed by atoms with Crippen molar-refractivity contribution < 1.29 is 4.52 Å². The normalized spacial score (nSPS) is 18.2. The minimum atomic E-state index is 0.399. The number of hydrogen-bond acceptors (Lipinski definition) is 4. The Kier molecular flexibility index (Phi) is 1.89. The molecule has 0 radical (unpaired) electrons. The summed E-state index contributed by atoms with van der Waals surface area (Å²) in [4.78, 5) is 2.21. The number of rotatable bonds is 1. The van der Waals surface area contributed by atoms with E-state index in [9.17, 15) is 0 Å². The van der Waals surface area contributed by atoms with Crippen molar-refractivity contribution in [3.63, 3.8) is 0 Å². The van der Waals surface area contributed by atoms with E-state index in [1.54, 1.807) is 6.07 Å². The van der Waals surface area contributed by atoms with Gasteiger partial charge in [0.15, 0.2) is 5.82 Å². The Morgan fingerprint density at radius 1 is 1.33 bits per heavy atom. The molecule has 1 aromatic rings. The highest BCUT2D eigenvalue weighted by Gasteiger charge is 2.13. The SMILES string of the molecule is Nc1cc(N2CCCCC2)no1. The van der Waals surface area contributed by atoms with Gasteiger partial charge in [0.2, 0.25) is 5.88 Å². The van der Waals surface area contributed by atoms with E-state index in [-0.39, 0.29) is 0 Å². The average Bonchev–Trinajstić information content (AvgIpc) is 2.54. The van der Waals surface area contributed by atoms with Crippen LogP contribution in [0.2, 0.25) is 0 Å². The summed E-state index contributed by atoms with van der Waals surface area (Å²) in [5, 5.41) is 3.87. The van der Waals surface area contributed by atoms with Crippen LogP contribution in [0, 0.1) is 0 Å². The molecule has 0 aromatic carbocycles. The van der Waals surface area contributed by atoms with E-state index < -0.39 is 0 Å². The number of anilines is 2. The van der Waals surface area contributed by atoms with Gasteiger partial charge >= 0.3 is 0 Å². The number of hydrogen-bond donors (Lipinski definition) is 1. The van der Waals surface area contributed by atoms with Crippen LogP contribution in [0.25, 0.3) is 0 Å². The topological polar surface area (TPSA) is 55.3 Å². The number of aromatic nitrogens is 1.